The van der Waals surface area contributed by atoms with Crippen molar-refractivity contribution in [3.8, 4) is 0 Å². The maximum absolute atomic E-state index is 12.4. The van der Waals surface area contributed by atoms with Gasteiger partial charge in [0.05, 0.1) is 5.56 Å². The Kier molecular flexibility index (Phi) is 4.30. The van der Waals surface area contributed by atoms with Gasteiger partial charge in [0.15, 0.2) is 0 Å². The minimum Gasteiger partial charge on any atom is -0.338 e. The van der Waals surface area contributed by atoms with Crippen LogP contribution in [0.5, 0.6) is 0 Å². The van der Waals surface area contributed by atoms with E-state index < -0.39 is 0 Å². The molecule has 1 aromatic heterocycles. The van der Waals surface area contributed by atoms with Gasteiger partial charge in [0.25, 0.3) is 5.91 Å². The molecule has 2 saturated heterocycles. The molecule has 3 rings (SSSR count). The minimum atomic E-state index is 0. The molecular formula is C13H19ClN2OS. The molecule has 0 bridgehead atoms. The number of hydrogen-bond donors (Lipinski definition) is 1. The number of likely N-dealkylation sites (tertiary alicyclic amines) is 1. The molecule has 0 aromatic carbocycles. The number of carbonyl (C=O) groups excluding carboxylic acids is 1. The number of rotatable bonds is 1. The molecule has 2 fully saturated rings. The van der Waals surface area contributed by atoms with Crippen LogP contribution >= 0.6 is 23.7 Å². The van der Waals surface area contributed by atoms with E-state index >= 15 is 0 Å². The minimum absolute atomic E-state index is 0. The Bertz CT molecular complexity index is 434. The maximum Gasteiger partial charge on any atom is 0.254 e. The third-order valence-corrected chi connectivity index (χ3v) is 4.89. The lowest BCUT2D eigenvalue weighted by Crippen LogP contribution is -2.46. The van der Waals surface area contributed by atoms with Crippen molar-refractivity contribution in [1.82, 2.24) is 10.2 Å². The molecule has 100 valence electrons. The van der Waals surface area contributed by atoms with Crippen molar-refractivity contribution < 1.29 is 4.79 Å². The van der Waals surface area contributed by atoms with Gasteiger partial charge in [0, 0.05) is 24.5 Å². The fourth-order valence-corrected chi connectivity index (χ4v) is 3.80. The highest BCUT2D eigenvalue weighted by Gasteiger charge is 2.34. The number of carbonyl (C=O) groups is 1. The first-order chi connectivity index (χ1) is 8.25. The first-order valence-electron chi connectivity index (χ1n) is 6.31. The molecular weight excluding hydrogens is 268 g/mol. The van der Waals surface area contributed by atoms with Crippen LogP contribution in [0.25, 0.3) is 0 Å². The number of nitrogens with one attached hydrogen (secondary N) is 1. The number of amides is 1. The normalized spacial score (nSPS) is 26.6. The summed E-state index contributed by atoms with van der Waals surface area (Å²) in [6, 6.07) is 0.655. The smallest absolute Gasteiger partial charge is 0.254 e. The molecule has 2 unspecified atom stereocenters. The predicted molar refractivity (Wildman–Crippen MR) is 76.7 cm³/mol. The number of fused-ring (bicyclic) bond motifs is 1. The Morgan fingerprint density at radius 2 is 2.28 bits per heavy atom. The Morgan fingerprint density at radius 3 is 3.00 bits per heavy atom. The van der Waals surface area contributed by atoms with Crippen LogP contribution < -0.4 is 5.32 Å². The van der Waals surface area contributed by atoms with E-state index in [9.17, 15) is 4.79 Å². The Morgan fingerprint density at radius 1 is 1.44 bits per heavy atom. The standard InChI is InChI=1S/C13H18N2OS.ClH/c1-9-7-17-8-11(9)13(16)15-5-3-12-10(6-15)2-4-14-12;/h7-8,10,12,14H,2-6H2,1H3;1H. The Labute approximate surface area is 118 Å². The van der Waals surface area contributed by atoms with Gasteiger partial charge < -0.3 is 10.2 Å². The van der Waals surface area contributed by atoms with Gasteiger partial charge in [-0.25, -0.2) is 0 Å². The monoisotopic (exact) mass is 286 g/mol. The van der Waals surface area contributed by atoms with Crippen LogP contribution in [0.2, 0.25) is 0 Å². The second kappa shape index (κ2) is 5.59. The second-order valence-electron chi connectivity index (χ2n) is 5.12. The van der Waals surface area contributed by atoms with Crippen LogP contribution in [0.1, 0.15) is 28.8 Å². The van der Waals surface area contributed by atoms with Crippen molar-refractivity contribution in [1.29, 1.82) is 0 Å². The lowest BCUT2D eigenvalue weighted by atomic mass is 9.93. The van der Waals surface area contributed by atoms with Crippen molar-refractivity contribution in [3.63, 3.8) is 0 Å². The number of halogens is 1. The average Bonchev–Trinajstić information content (AvgIpc) is 2.95. The lowest BCUT2D eigenvalue weighted by molar-refractivity contribution is 0.0662. The summed E-state index contributed by atoms with van der Waals surface area (Å²) >= 11 is 1.62. The molecule has 1 aromatic rings. The van der Waals surface area contributed by atoms with E-state index in [1.54, 1.807) is 11.3 Å². The van der Waals surface area contributed by atoms with E-state index in [-0.39, 0.29) is 18.3 Å². The second-order valence-corrected chi connectivity index (χ2v) is 5.86. The fraction of sp³-hybridized carbons (Fsp3) is 0.615. The van der Waals surface area contributed by atoms with Crippen LogP contribution in [0.3, 0.4) is 0 Å². The van der Waals surface area contributed by atoms with Gasteiger partial charge >= 0.3 is 0 Å². The quantitative estimate of drug-likeness (QED) is 0.859. The van der Waals surface area contributed by atoms with Gasteiger partial charge in [-0.15, -0.1) is 12.4 Å². The molecule has 5 heteroatoms. The Balaban J connectivity index is 0.00000120. The summed E-state index contributed by atoms with van der Waals surface area (Å²) in [6.07, 6.45) is 2.33. The summed E-state index contributed by atoms with van der Waals surface area (Å²) in [5.41, 5.74) is 2.02. The molecule has 1 N–H and O–H groups in total. The highest BCUT2D eigenvalue weighted by atomic mass is 35.5. The van der Waals surface area contributed by atoms with Gasteiger partial charge in [-0.05, 0) is 43.2 Å². The van der Waals surface area contributed by atoms with Crippen LogP contribution in [0.15, 0.2) is 10.8 Å². The molecule has 3 nitrogen and oxygen atoms in total. The van der Waals surface area contributed by atoms with Gasteiger partial charge in [0.1, 0.15) is 0 Å². The predicted octanol–water partition coefficient (Wildman–Crippen LogP) is 2.30. The van der Waals surface area contributed by atoms with Crippen LogP contribution in [0, 0.1) is 12.8 Å². The topological polar surface area (TPSA) is 32.3 Å². The zero-order chi connectivity index (χ0) is 11.8. The molecule has 2 aliphatic rings. The average molecular weight is 287 g/mol. The number of hydrogen-bond acceptors (Lipinski definition) is 3. The van der Waals surface area contributed by atoms with E-state index in [0.29, 0.717) is 12.0 Å². The third kappa shape index (κ3) is 2.42. The van der Waals surface area contributed by atoms with E-state index in [0.717, 1.165) is 37.2 Å². The molecule has 2 atom stereocenters. The zero-order valence-electron chi connectivity index (χ0n) is 10.5. The highest BCUT2D eigenvalue weighted by Crippen LogP contribution is 2.26. The van der Waals surface area contributed by atoms with Gasteiger partial charge in [-0.3, -0.25) is 4.79 Å². The van der Waals surface area contributed by atoms with Crippen LogP contribution in [-0.2, 0) is 0 Å². The summed E-state index contributed by atoms with van der Waals surface area (Å²) < 4.78 is 0. The SMILES string of the molecule is Cc1cscc1C(=O)N1CCC2NCCC2C1.Cl. The molecule has 0 aliphatic carbocycles. The number of nitrogens with zero attached hydrogens (tertiary/aromatic N) is 1. The molecule has 2 aliphatic heterocycles. The van der Waals surface area contributed by atoms with Crippen molar-refractivity contribution in [2.24, 2.45) is 5.92 Å². The number of aryl methyl sites for hydroxylation is 1. The summed E-state index contributed by atoms with van der Waals surface area (Å²) in [4.78, 5) is 14.4. The number of piperidine rings is 1. The molecule has 0 radical (unpaired) electrons. The number of thiophene rings is 1. The maximum atomic E-state index is 12.4. The molecule has 18 heavy (non-hydrogen) atoms. The largest absolute Gasteiger partial charge is 0.338 e. The summed E-state index contributed by atoms with van der Waals surface area (Å²) in [5.74, 6) is 0.903. The summed E-state index contributed by atoms with van der Waals surface area (Å²) in [6.45, 7) is 4.98. The first-order valence-corrected chi connectivity index (χ1v) is 7.25. The van der Waals surface area contributed by atoms with Gasteiger partial charge in [-0.2, -0.15) is 11.3 Å². The van der Waals surface area contributed by atoms with Crippen molar-refractivity contribution >= 4 is 29.7 Å². The van der Waals surface area contributed by atoms with Gasteiger partial charge in [0.2, 0.25) is 0 Å². The third-order valence-electron chi connectivity index (χ3n) is 4.03. The first kappa shape index (κ1) is 13.8. The summed E-state index contributed by atoms with van der Waals surface area (Å²) in [7, 11) is 0. The fourth-order valence-electron chi connectivity index (χ4n) is 2.98. The molecule has 0 saturated carbocycles. The zero-order valence-corrected chi connectivity index (χ0v) is 12.1. The Hall–Kier alpha value is -0.580. The van der Waals surface area contributed by atoms with Crippen molar-refractivity contribution in [2.75, 3.05) is 19.6 Å². The lowest BCUT2D eigenvalue weighted by Gasteiger charge is -2.34. The highest BCUT2D eigenvalue weighted by molar-refractivity contribution is 7.08. The molecule has 3 heterocycles. The van der Waals surface area contributed by atoms with E-state index in [1.165, 1.54) is 6.42 Å². The van der Waals surface area contributed by atoms with E-state index in [4.69, 9.17) is 0 Å². The van der Waals surface area contributed by atoms with Gasteiger partial charge in [-0.1, -0.05) is 0 Å². The van der Waals surface area contributed by atoms with Crippen LogP contribution in [0.4, 0.5) is 0 Å². The van der Waals surface area contributed by atoms with Crippen LogP contribution in [-0.4, -0.2) is 36.5 Å². The van der Waals surface area contributed by atoms with Crippen molar-refractivity contribution in [2.45, 2.75) is 25.8 Å². The summed E-state index contributed by atoms with van der Waals surface area (Å²) in [5, 5.41) is 7.56. The van der Waals surface area contributed by atoms with E-state index in [2.05, 4.69) is 10.7 Å². The van der Waals surface area contributed by atoms with E-state index in [1.807, 2.05) is 17.2 Å². The molecule has 1 amide bonds. The molecule has 0 spiro atoms. The van der Waals surface area contributed by atoms with Crippen molar-refractivity contribution in [3.05, 3.63) is 21.9 Å².